The Morgan fingerprint density at radius 2 is 2.40 bits per heavy atom. The second-order valence-corrected chi connectivity index (χ2v) is 3.05. The Balaban J connectivity index is 2.03. The highest BCUT2D eigenvalue weighted by molar-refractivity contribution is 5.93. The van der Waals surface area contributed by atoms with E-state index in [4.69, 9.17) is 9.84 Å². The minimum atomic E-state index is -0.0848. The van der Waals surface area contributed by atoms with Crippen molar-refractivity contribution in [3.05, 3.63) is 24.0 Å². The molecular weight excluding hydrogens is 196 g/mol. The van der Waals surface area contributed by atoms with Gasteiger partial charge in [-0.15, -0.1) is 0 Å². The van der Waals surface area contributed by atoms with E-state index in [1.807, 2.05) is 0 Å². The second-order valence-electron chi connectivity index (χ2n) is 3.05. The number of aliphatic hydroxyl groups excluding tert-OH is 1. The Kier molecular flexibility index (Phi) is 5.50. The van der Waals surface area contributed by atoms with E-state index >= 15 is 0 Å². The van der Waals surface area contributed by atoms with Gasteiger partial charge < -0.3 is 20.1 Å². The van der Waals surface area contributed by atoms with Crippen molar-refractivity contribution in [3.63, 3.8) is 0 Å². The smallest absolute Gasteiger partial charge is 0.252 e. The van der Waals surface area contributed by atoms with Crippen LogP contribution in [0.15, 0.2) is 18.5 Å². The predicted octanol–water partition coefficient (Wildman–Crippen LogP) is 0.143. The minimum Gasteiger partial charge on any atom is -0.394 e. The molecule has 0 saturated carbocycles. The van der Waals surface area contributed by atoms with Gasteiger partial charge in [-0.2, -0.15) is 0 Å². The second kappa shape index (κ2) is 7.03. The van der Waals surface area contributed by atoms with E-state index in [-0.39, 0.29) is 12.5 Å². The number of aliphatic hydroxyl groups is 1. The van der Waals surface area contributed by atoms with Gasteiger partial charge in [0, 0.05) is 25.5 Å². The average Bonchev–Trinajstić information content (AvgIpc) is 2.76. The number of hydrogen-bond acceptors (Lipinski definition) is 3. The molecule has 0 aliphatic rings. The Labute approximate surface area is 88.4 Å². The quantitative estimate of drug-likeness (QED) is 0.563. The van der Waals surface area contributed by atoms with E-state index in [0.717, 1.165) is 6.42 Å². The Bertz CT molecular complexity index is 272. The number of carbonyl (C=O) groups is 1. The van der Waals surface area contributed by atoms with Gasteiger partial charge in [0.25, 0.3) is 5.91 Å². The van der Waals surface area contributed by atoms with E-state index in [0.29, 0.717) is 25.3 Å². The van der Waals surface area contributed by atoms with Crippen LogP contribution in [0.25, 0.3) is 0 Å². The van der Waals surface area contributed by atoms with Crippen LogP contribution in [0.2, 0.25) is 0 Å². The molecule has 0 radical (unpaired) electrons. The van der Waals surface area contributed by atoms with Crippen LogP contribution in [-0.2, 0) is 4.74 Å². The van der Waals surface area contributed by atoms with Crippen molar-refractivity contribution in [2.24, 2.45) is 0 Å². The summed E-state index contributed by atoms with van der Waals surface area (Å²) in [5.74, 6) is -0.0848. The normalized spacial score (nSPS) is 10.2. The van der Waals surface area contributed by atoms with Crippen LogP contribution < -0.4 is 5.32 Å². The van der Waals surface area contributed by atoms with Gasteiger partial charge in [0.1, 0.15) is 0 Å². The van der Waals surface area contributed by atoms with Gasteiger partial charge in [0.15, 0.2) is 0 Å². The lowest BCUT2D eigenvalue weighted by Gasteiger charge is -2.04. The maximum atomic E-state index is 11.4. The SMILES string of the molecule is O=C(NCCCOCCO)c1cc[nH]c1. The summed E-state index contributed by atoms with van der Waals surface area (Å²) in [7, 11) is 0. The first-order valence-corrected chi connectivity index (χ1v) is 4.94. The molecule has 3 N–H and O–H groups in total. The number of carbonyl (C=O) groups excluding carboxylic acids is 1. The summed E-state index contributed by atoms with van der Waals surface area (Å²) in [4.78, 5) is 14.2. The minimum absolute atomic E-state index is 0.0374. The third-order valence-electron chi connectivity index (χ3n) is 1.85. The molecule has 0 aliphatic carbocycles. The van der Waals surface area contributed by atoms with Gasteiger partial charge in [-0.25, -0.2) is 0 Å². The van der Waals surface area contributed by atoms with E-state index < -0.39 is 0 Å². The zero-order valence-electron chi connectivity index (χ0n) is 8.53. The molecule has 1 rings (SSSR count). The standard InChI is InChI=1S/C10H16N2O3/c13-5-7-15-6-1-3-12-10(14)9-2-4-11-8-9/h2,4,8,11,13H,1,3,5-7H2,(H,12,14). The number of rotatable bonds is 7. The molecule has 1 amide bonds. The van der Waals surface area contributed by atoms with Crippen molar-refractivity contribution < 1.29 is 14.6 Å². The van der Waals surface area contributed by atoms with E-state index in [1.54, 1.807) is 18.5 Å². The monoisotopic (exact) mass is 212 g/mol. The molecule has 0 saturated heterocycles. The molecule has 0 atom stereocenters. The summed E-state index contributed by atoms with van der Waals surface area (Å²) in [6.45, 7) is 1.52. The summed E-state index contributed by atoms with van der Waals surface area (Å²) >= 11 is 0. The zero-order valence-corrected chi connectivity index (χ0v) is 8.53. The third kappa shape index (κ3) is 4.62. The molecule has 5 nitrogen and oxygen atoms in total. The number of hydrogen-bond donors (Lipinski definition) is 3. The van der Waals surface area contributed by atoms with Gasteiger partial charge in [0.05, 0.1) is 18.8 Å². The van der Waals surface area contributed by atoms with Gasteiger partial charge in [-0.3, -0.25) is 4.79 Å². The molecule has 5 heteroatoms. The number of aromatic nitrogens is 1. The van der Waals surface area contributed by atoms with Gasteiger partial charge in [0.2, 0.25) is 0 Å². The van der Waals surface area contributed by atoms with Crippen molar-refractivity contribution in [1.82, 2.24) is 10.3 Å². The number of nitrogens with one attached hydrogen (secondary N) is 2. The molecular formula is C10H16N2O3. The zero-order chi connectivity index (χ0) is 10.9. The van der Waals surface area contributed by atoms with Crippen molar-refractivity contribution >= 4 is 5.91 Å². The highest BCUT2D eigenvalue weighted by Crippen LogP contribution is 1.95. The maximum Gasteiger partial charge on any atom is 0.252 e. The van der Waals surface area contributed by atoms with Crippen LogP contribution in [-0.4, -0.2) is 42.4 Å². The first-order chi connectivity index (χ1) is 7.34. The summed E-state index contributed by atoms with van der Waals surface area (Å²) in [6, 6.07) is 1.72. The number of aromatic amines is 1. The summed E-state index contributed by atoms with van der Waals surface area (Å²) in [5, 5.41) is 11.2. The van der Waals surface area contributed by atoms with Gasteiger partial charge >= 0.3 is 0 Å². The Hall–Kier alpha value is -1.33. The van der Waals surface area contributed by atoms with E-state index in [9.17, 15) is 4.79 Å². The lowest BCUT2D eigenvalue weighted by Crippen LogP contribution is -2.24. The largest absolute Gasteiger partial charge is 0.394 e. The van der Waals surface area contributed by atoms with Crippen LogP contribution in [0, 0.1) is 0 Å². The molecule has 1 aromatic rings. The maximum absolute atomic E-state index is 11.4. The van der Waals surface area contributed by atoms with Gasteiger partial charge in [-0.05, 0) is 12.5 Å². The molecule has 0 spiro atoms. The number of amides is 1. The summed E-state index contributed by atoms with van der Waals surface area (Å²) in [5.41, 5.74) is 0.631. The molecule has 0 aromatic carbocycles. The fourth-order valence-corrected chi connectivity index (χ4v) is 1.11. The first-order valence-electron chi connectivity index (χ1n) is 4.94. The van der Waals surface area contributed by atoms with Crippen molar-refractivity contribution in [2.45, 2.75) is 6.42 Å². The lowest BCUT2D eigenvalue weighted by molar-refractivity contribution is 0.0867. The van der Waals surface area contributed by atoms with Crippen molar-refractivity contribution in [3.8, 4) is 0 Å². The fraction of sp³-hybridized carbons (Fsp3) is 0.500. The third-order valence-corrected chi connectivity index (χ3v) is 1.85. The molecule has 0 unspecified atom stereocenters. The predicted molar refractivity (Wildman–Crippen MR) is 55.6 cm³/mol. The molecule has 15 heavy (non-hydrogen) atoms. The highest BCUT2D eigenvalue weighted by atomic mass is 16.5. The van der Waals surface area contributed by atoms with E-state index in [1.165, 1.54) is 0 Å². The van der Waals surface area contributed by atoms with Crippen molar-refractivity contribution in [2.75, 3.05) is 26.4 Å². The van der Waals surface area contributed by atoms with Crippen LogP contribution in [0.1, 0.15) is 16.8 Å². The van der Waals surface area contributed by atoms with Crippen LogP contribution in [0.4, 0.5) is 0 Å². The summed E-state index contributed by atoms with van der Waals surface area (Å²) in [6.07, 6.45) is 4.10. The first kappa shape index (κ1) is 11.7. The molecule has 1 aromatic heterocycles. The molecule has 0 bridgehead atoms. The molecule has 0 aliphatic heterocycles. The molecule has 84 valence electrons. The Morgan fingerprint density at radius 1 is 1.53 bits per heavy atom. The topological polar surface area (TPSA) is 74.3 Å². The number of ether oxygens (including phenoxy) is 1. The van der Waals surface area contributed by atoms with Crippen molar-refractivity contribution in [1.29, 1.82) is 0 Å². The summed E-state index contributed by atoms with van der Waals surface area (Å²) < 4.78 is 5.05. The van der Waals surface area contributed by atoms with Crippen LogP contribution in [0.5, 0.6) is 0 Å². The van der Waals surface area contributed by atoms with E-state index in [2.05, 4.69) is 10.3 Å². The van der Waals surface area contributed by atoms with Gasteiger partial charge in [-0.1, -0.05) is 0 Å². The molecule has 0 fully saturated rings. The number of H-pyrrole nitrogens is 1. The Morgan fingerprint density at radius 3 is 3.07 bits per heavy atom. The fourth-order valence-electron chi connectivity index (χ4n) is 1.11. The average molecular weight is 212 g/mol. The lowest BCUT2D eigenvalue weighted by atomic mass is 10.3. The molecule has 1 heterocycles. The van der Waals surface area contributed by atoms with Crippen LogP contribution >= 0.6 is 0 Å². The highest BCUT2D eigenvalue weighted by Gasteiger charge is 2.03. The van der Waals surface area contributed by atoms with Crippen LogP contribution in [0.3, 0.4) is 0 Å².